The first kappa shape index (κ1) is 189. The Kier molecular flexibility index (Phi) is 136. The molecule has 4 rings (SSSR count). The summed E-state index contributed by atoms with van der Waals surface area (Å²) in [6.07, 6.45) is 9.78. The summed E-state index contributed by atoms with van der Waals surface area (Å²) < 4.78 is 4.20. The predicted molar refractivity (Wildman–Crippen MR) is 538 cm³/mol. The molecule has 0 atom stereocenters. The van der Waals surface area contributed by atoms with Crippen molar-refractivity contribution in [2.24, 2.45) is 106 Å². The molecular formula is C92H186Cl2N10O38Pt5+10. The van der Waals surface area contributed by atoms with E-state index in [9.17, 15) is 86.3 Å². The van der Waals surface area contributed by atoms with E-state index in [2.05, 4.69) is 4.74 Å². The topological polar surface area (TPSA) is 958 Å². The Labute approximate surface area is 942 Å². The molecule has 0 radical (unpaired) electrons. The molecule has 0 aromatic rings. The van der Waals surface area contributed by atoms with Gasteiger partial charge in [-0.05, 0) is 278 Å². The van der Waals surface area contributed by atoms with Crippen molar-refractivity contribution in [3.05, 3.63) is 0 Å². The fourth-order valence-electron chi connectivity index (χ4n) is 6.88. The number of hydrogen-bond donors (Lipinski definition) is 28. The standard InChI is InChI=1S/3C8H14O3.4C6H8O4.C5H8O4.2C5H10O2.3C4H10O.5C3H10N2.C2H4O2.2ClH.5Pt/c3*1-8(2,3)6(9)4-5-7(10)11;4*7-4(8)6(5(9)10)2-1-3-6;1-9-5(8)3-2-4(6)7;2*1-5(2,3)4(6)7;3*1-4(2,3)5;5*4-2-1-3-5;1-2(3)4;;;;;;;/h3*4-5H2,1-3H3,(H,10,11);4*1-3H2,(H,7,8)(H,9,10);2-3H2,1H3,(H,6,7);2*1-3H3,(H,6,7);3*5H,1-3H3;5*1-5H2;1H3,(H,3,4);2*1H;;;;;/q;;;;;;;;;;;;;;;;;;;;;4*+2;+4/p-2. The van der Waals surface area contributed by atoms with E-state index in [0.29, 0.717) is 25.7 Å². The molecule has 0 amide bonds. The van der Waals surface area contributed by atoms with Crippen molar-refractivity contribution in [2.45, 2.75) is 350 Å². The van der Waals surface area contributed by atoms with Crippen LogP contribution in [-0.2, 0) is 197 Å². The van der Waals surface area contributed by atoms with Gasteiger partial charge in [-0.3, -0.25) is 91.1 Å². The summed E-state index contributed by atoms with van der Waals surface area (Å²) in [5.74, 6) is -16.2. The number of esters is 1. The molecule has 4 aliphatic rings. The number of carboxylic acids is 15. The fraction of sp³-hybridized carbons (Fsp3) is 0.793. The van der Waals surface area contributed by atoms with Crippen molar-refractivity contribution in [1.82, 2.24) is 0 Å². The minimum Gasteiger partial charge on any atom is 2.00 e. The molecule has 38 N–H and O–H groups in total. The van der Waals surface area contributed by atoms with Crippen molar-refractivity contribution in [3.8, 4) is 0 Å². The van der Waals surface area contributed by atoms with E-state index in [4.69, 9.17) is 173 Å². The van der Waals surface area contributed by atoms with Crippen LogP contribution in [0.5, 0.6) is 0 Å². The maximum Gasteiger partial charge on any atom is 2.00 e. The van der Waals surface area contributed by atoms with E-state index < -0.39 is 178 Å². The summed E-state index contributed by atoms with van der Waals surface area (Å²) in [6.45, 7) is 50.0. The van der Waals surface area contributed by atoms with E-state index in [1.165, 1.54) is 7.11 Å². The SMILES string of the molecule is CC(=O)O.CC(C)(C)C(=O)CCC(=O)O.CC(C)(C)C(=O)CCC(=O)O.CC(C)(C)C(=O)CCC(=O)O.CC(C)(C)C(=O)O.CC(C)(C)C(=O)O.CC(C)(C)O.CC(C)(C)O.CC(C)(C)O.COC(=O)CCC(=O)O.NCCCN.NCCCN.NCCCN.NCCCN.NCCCN.O=C(O)C1(C(=O)O)CCC1.O=C(O)C1(C(=O)O)CCC1.O=C(O)C1(C(=O)O)CCC1.O=C(O)C1(C(=O)O)CCC1.[Cl][Pt+2][Cl].[Pt+2].[Pt+2].[Pt+2].[Pt+2]. The van der Waals surface area contributed by atoms with E-state index in [1.54, 1.807) is 166 Å². The second-order valence-electron chi connectivity index (χ2n) is 39.2. The van der Waals surface area contributed by atoms with Gasteiger partial charge in [0, 0.05) is 42.4 Å². The predicted octanol–water partition coefficient (Wildman–Crippen LogP) is 8.22. The fourth-order valence-corrected chi connectivity index (χ4v) is 6.88. The van der Waals surface area contributed by atoms with Crippen LogP contribution in [0.2, 0.25) is 0 Å². The quantitative estimate of drug-likeness (QED) is 0.0238. The molecule has 55 heteroatoms. The number of rotatable bonds is 30. The summed E-state index contributed by atoms with van der Waals surface area (Å²) in [6, 6.07) is 0. The molecular weight excluding hydrogens is 2900 g/mol. The van der Waals surface area contributed by atoms with Gasteiger partial charge < -0.3 is 154 Å². The van der Waals surface area contributed by atoms with Gasteiger partial charge in [-0.2, -0.15) is 0 Å². The zero-order chi connectivity index (χ0) is 118. The third-order valence-corrected chi connectivity index (χ3v) is 16.4. The third kappa shape index (κ3) is 144. The van der Waals surface area contributed by atoms with Crippen LogP contribution in [0.1, 0.15) is 334 Å². The molecule has 0 aromatic heterocycles. The molecule has 147 heavy (non-hydrogen) atoms. The molecule has 4 fully saturated rings. The third-order valence-electron chi connectivity index (χ3n) is 16.4. The maximum atomic E-state index is 11.1. The van der Waals surface area contributed by atoms with E-state index in [0.717, 1.165) is 104 Å². The van der Waals surface area contributed by atoms with Crippen LogP contribution in [-0.4, -0.2) is 294 Å². The van der Waals surface area contributed by atoms with Gasteiger partial charge in [0.15, 0.2) is 21.7 Å². The average molecular weight is 3090 g/mol. The number of aliphatic carboxylic acids is 15. The summed E-state index contributed by atoms with van der Waals surface area (Å²) in [7, 11) is 11.0. The van der Waals surface area contributed by atoms with Gasteiger partial charge in [0.2, 0.25) is 0 Å². The first-order valence-electron chi connectivity index (χ1n) is 45.2. The number of Topliss-reactive ketones (excluding diaryl/α,β-unsaturated/α-hetero) is 3. The smallest absolute Gasteiger partial charge is 2.00 e. The van der Waals surface area contributed by atoms with Gasteiger partial charge in [0.05, 0.1) is 66.8 Å². The molecule has 4 saturated carbocycles. The van der Waals surface area contributed by atoms with Crippen LogP contribution in [0.4, 0.5) is 0 Å². The molecule has 0 aromatic carbocycles. The zero-order valence-corrected chi connectivity index (χ0v) is 103. The summed E-state index contributed by atoms with van der Waals surface area (Å²) in [5, 5.41) is 150. The molecule has 0 saturated heterocycles. The molecule has 4 aliphatic carbocycles. The van der Waals surface area contributed by atoms with E-state index in [1.807, 2.05) is 0 Å². The molecule has 0 bridgehead atoms. The number of nitrogens with two attached hydrogens (primary N) is 10. The number of methoxy groups -OCH3 is 1. The number of hydrogen-bond acceptors (Lipinski definition) is 33. The largest absolute Gasteiger partial charge is 2.00 e. The number of ketones is 3. The number of carbonyl (C=O) groups is 19. The first-order chi connectivity index (χ1) is 64.2. The normalized spacial score (nSPS) is 12.9. The van der Waals surface area contributed by atoms with Crippen molar-refractivity contribution >= 4 is 132 Å². The number of carboxylic acid groups (broad SMARTS) is 15. The molecule has 0 spiro atoms. The Morgan fingerprint density at radius 1 is 0.252 bits per heavy atom. The van der Waals surface area contributed by atoms with Gasteiger partial charge >= 0.3 is 209 Å². The summed E-state index contributed by atoms with van der Waals surface area (Å²) >= 11 is -0.472. The number of halogens is 2. The number of carbonyl (C=O) groups excluding carboxylic acids is 4. The van der Waals surface area contributed by atoms with Crippen LogP contribution in [0.25, 0.3) is 0 Å². The molecule has 0 heterocycles. The Bertz CT molecular complexity index is 3070. The zero-order valence-electron chi connectivity index (χ0n) is 90.6. The first-order valence-corrected chi connectivity index (χ1v) is 50.9. The van der Waals surface area contributed by atoms with Crippen LogP contribution in [0, 0.1) is 48.7 Å². The van der Waals surface area contributed by atoms with Crippen LogP contribution in [0.15, 0.2) is 0 Å². The Morgan fingerprint density at radius 2 is 0.354 bits per heavy atom. The second kappa shape index (κ2) is 106. The van der Waals surface area contributed by atoms with Crippen molar-refractivity contribution in [3.63, 3.8) is 0 Å². The molecule has 886 valence electrons. The van der Waals surface area contributed by atoms with E-state index in [-0.39, 0.29) is 204 Å². The minimum absolute atomic E-state index is 0. The Morgan fingerprint density at radius 3 is 0.395 bits per heavy atom. The van der Waals surface area contributed by atoms with Crippen molar-refractivity contribution in [1.29, 1.82) is 0 Å². The average Bonchev–Trinajstić information content (AvgIpc) is 0.805. The minimum atomic E-state index is -1.44. The van der Waals surface area contributed by atoms with Crippen molar-refractivity contribution in [2.75, 3.05) is 72.6 Å². The maximum absolute atomic E-state index is 11.1. The molecule has 0 unspecified atom stereocenters. The van der Waals surface area contributed by atoms with Crippen molar-refractivity contribution < 1.29 is 288 Å². The Balaban J connectivity index is -0.0000000647. The van der Waals surface area contributed by atoms with Gasteiger partial charge in [-0.25, -0.2) is 0 Å². The van der Waals surface area contributed by atoms with Gasteiger partial charge in [0.1, 0.15) is 17.3 Å². The van der Waals surface area contributed by atoms with Crippen LogP contribution in [0.3, 0.4) is 0 Å². The van der Waals surface area contributed by atoms with Gasteiger partial charge in [-0.15, -0.1) is 0 Å². The number of aliphatic hydroxyl groups is 3. The van der Waals surface area contributed by atoms with Gasteiger partial charge in [-0.1, -0.05) is 62.3 Å². The number of ether oxygens (including phenoxy) is 1. The van der Waals surface area contributed by atoms with Crippen LogP contribution >= 0.6 is 18.8 Å². The Hall–Kier alpha value is -5.97. The second-order valence-corrected chi connectivity index (χ2v) is 42.5. The monoisotopic (exact) mass is 3080 g/mol. The molecule has 48 nitrogen and oxygen atoms in total. The van der Waals surface area contributed by atoms with E-state index >= 15 is 0 Å². The summed E-state index contributed by atoms with van der Waals surface area (Å²) in [5.41, 5.74) is 40.9. The molecule has 0 aliphatic heterocycles. The van der Waals surface area contributed by atoms with Crippen LogP contribution < -0.4 is 57.3 Å². The summed E-state index contributed by atoms with van der Waals surface area (Å²) in [4.78, 5) is 196. The van der Waals surface area contributed by atoms with Gasteiger partial charge in [0.25, 0.3) is 5.97 Å².